The van der Waals surface area contributed by atoms with Crippen molar-refractivity contribution in [2.75, 3.05) is 20.1 Å². The van der Waals surface area contributed by atoms with Crippen LogP contribution in [0.4, 0.5) is 0 Å². The fourth-order valence-electron chi connectivity index (χ4n) is 3.26. The van der Waals surface area contributed by atoms with Crippen molar-refractivity contribution in [3.63, 3.8) is 0 Å². The van der Waals surface area contributed by atoms with Crippen LogP contribution in [0.25, 0.3) is 0 Å². The lowest BCUT2D eigenvalue weighted by molar-refractivity contribution is -0.136. The second-order valence-corrected chi connectivity index (χ2v) is 6.62. The fraction of sp³-hybridized carbons (Fsp3) is 0.400. The Hall–Kier alpha value is -2.56. The fourth-order valence-corrected chi connectivity index (χ4v) is 3.26. The zero-order valence-corrected chi connectivity index (χ0v) is 14.7. The van der Waals surface area contributed by atoms with Crippen molar-refractivity contribution in [1.82, 2.24) is 9.80 Å². The first-order chi connectivity index (χ1) is 12.1. The average molecular weight is 340 g/mol. The predicted octanol–water partition coefficient (Wildman–Crippen LogP) is 2.89. The van der Waals surface area contributed by atoms with Gasteiger partial charge in [0.2, 0.25) is 11.8 Å². The van der Waals surface area contributed by atoms with Crippen LogP contribution in [0.3, 0.4) is 0 Å². The molecule has 0 spiro atoms. The topological polar surface area (TPSA) is 53.8 Å². The zero-order valence-electron chi connectivity index (χ0n) is 14.7. The van der Waals surface area contributed by atoms with Crippen LogP contribution in [0.2, 0.25) is 0 Å². The van der Waals surface area contributed by atoms with E-state index in [0.29, 0.717) is 19.5 Å². The molecule has 1 aliphatic rings. The number of carbonyl (C=O) groups excluding carboxylic acids is 2. The lowest BCUT2D eigenvalue weighted by Crippen LogP contribution is -2.36. The molecule has 3 rings (SSSR count). The smallest absolute Gasteiger partial charge is 0.228 e. The Morgan fingerprint density at radius 1 is 1.28 bits per heavy atom. The van der Waals surface area contributed by atoms with E-state index in [9.17, 15) is 9.59 Å². The monoisotopic (exact) mass is 340 g/mol. The molecule has 2 heterocycles. The van der Waals surface area contributed by atoms with Crippen molar-refractivity contribution in [1.29, 1.82) is 0 Å². The highest BCUT2D eigenvalue weighted by atomic mass is 16.3. The number of furan rings is 1. The normalized spacial score (nSPS) is 18.4. The second kappa shape index (κ2) is 7.55. The van der Waals surface area contributed by atoms with E-state index in [1.165, 1.54) is 5.56 Å². The number of rotatable bonds is 6. The first kappa shape index (κ1) is 17.3. The Labute approximate surface area is 148 Å². The maximum Gasteiger partial charge on any atom is 0.228 e. The van der Waals surface area contributed by atoms with Gasteiger partial charge in [-0.25, -0.2) is 0 Å². The quantitative estimate of drug-likeness (QED) is 0.812. The maximum absolute atomic E-state index is 12.8. The van der Waals surface area contributed by atoms with Gasteiger partial charge in [0.25, 0.3) is 0 Å². The predicted molar refractivity (Wildman–Crippen MR) is 94.7 cm³/mol. The molecule has 0 saturated carbocycles. The number of carbonyl (C=O) groups is 2. The van der Waals surface area contributed by atoms with E-state index in [2.05, 4.69) is 12.1 Å². The Balaban J connectivity index is 1.57. The molecule has 2 unspecified atom stereocenters. The van der Waals surface area contributed by atoms with Crippen LogP contribution in [-0.2, 0) is 16.0 Å². The number of benzene rings is 1. The van der Waals surface area contributed by atoms with Crippen molar-refractivity contribution in [2.24, 2.45) is 5.92 Å². The van der Waals surface area contributed by atoms with Crippen LogP contribution >= 0.6 is 0 Å². The first-order valence-corrected chi connectivity index (χ1v) is 8.68. The van der Waals surface area contributed by atoms with E-state index >= 15 is 0 Å². The summed E-state index contributed by atoms with van der Waals surface area (Å²) in [7, 11) is 1.77. The van der Waals surface area contributed by atoms with Crippen LogP contribution in [0.15, 0.2) is 53.1 Å². The molecule has 2 amide bonds. The van der Waals surface area contributed by atoms with Crippen molar-refractivity contribution < 1.29 is 14.0 Å². The van der Waals surface area contributed by atoms with E-state index in [1.807, 2.05) is 37.3 Å². The van der Waals surface area contributed by atoms with Crippen molar-refractivity contribution in [2.45, 2.75) is 25.8 Å². The average Bonchev–Trinajstić information content (AvgIpc) is 3.29. The zero-order chi connectivity index (χ0) is 17.8. The Bertz CT molecular complexity index is 712. The minimum Gasteiger partial charge on any atom is -0.467 e. The van der Waals surface area contributed by atoms with Gasteiger partial charge in [-0.05, 0) is 31.0 Å². The third-order valence-corrected chi connectivity index (χ3v) is 4.96. The Morgan fingerprint density at radius 2 is 2.04 bits per heavy atom. The van der Waals surface area contributed by atoms with Gasteiger partial charge in [-0.1, -0.05) is 30.3 Å². The van der Waals surface area contributed by atoms with Crippen molar-refractivity contribution >= 4 is 11.8 Å². The number of likely N-dealkylation sites (tertiary alicyclic amines) is 1. The molecular weight excluding hydrogens is 316 g/mol. The molecule has 0 aliphatic carbocycles. The molecule has 2 atom stereocenters. The van der Waals surface area contributed by atoms with Gasteiger partial charge in [-0.3, -0.25) is 9.59 Å². The van der Waals surface area contributed by atoms with Crippen LogP contribution in [0.5, 0.6) is 0 Å². The first-order valence-electron chi connectivity index (χ1n) is 8.68. The summed E-state index contributed by atoms with van der Waals surface area (Å²) >= 11 is 0. The molecule has 25 heavy (non-hydrogen) atoms. The molecule has 1 saturated heterocycles. The van der Waals surface area contributed by atoms with Gasteiger partial charge < -0.3 is 14.2 Å². The molecule has 1 aromatic heterocycles. The number of nitrogens with zero attached hydrogens (tertiary/aromatic N) is 2. The number of amides is 2. The van der Waals surface area contributed by atoms with Crippen LogP contribution in [-0.4, -0.2) is 41.8 Å². The summed E-state index contributed by atoms with van der Waals surface area (Å²) in [4.78, 5) is 28.5. The molecule has 5 nitrogen and oxygen atoms in total. The molecule has 0 bridgehead atoms. The van der Waals surface area contributed by atoms with Crippen LogP contribution in [0, 0.1) is 5.92 Å². The SMILES string of the molecule is CC(c1ccco1)N(C)C(=O)C1CC(=O)N(CCc2ccccc2)C1. The third-order valence-electron chi connectivity index (χ3n) is 4.96. The number of hydrogen-bond donors (Lipinski definition) is 0. The van der Waals surface area contributed by atoms with E-state index in [0.717, 1.165) is 12.2 Å². The van der Waals surface area contributed by atoms with Crippen molar-refractivity contribution in [3.05, 3.63) is 60.1 Å². The summed E-state index contributed by atoms with van der Waals surface area (Å²) in [6.45, 7) is 3.09. The molecule has 1 fully saturated rings. The summed E-state index contributed by atoms with van der Waals surface area (Å²) in [5, 5.41) is 0. The van der Waals surface area contributed by atoms with E-state index < -0.39 is 0 Å². The summed E-state index contributed by atoms with van der Waals surface area (Å²) in [5.74, 6) is 0.541. The van der Waals surface area contributed by atoms with Crippen molar-refractivity contribution in [3.8, 4) is 0 Å². The lowest BCUT2D eigenvalue weighted by Gasteiger charge is -2.26. The maximum atomic E-state index is 12.8. The van der Waals surface area contributed by atoms with E-state index in [4.69, 9.17) is 4.42 Å². The Morgan fingerprint density at radius 3 is 2.72 bits per heavy atom. The molecular formula is C20H24N2O3. The minimum atomic E-state index is -0.273. The van der Waals surface area contributed by atoms with Gasteiger partial charge in [0.05, 0.1) is 18.2 Å². The van der Waals surface area contributed by atoms with Crippen LogP contribution < -0.4 is 0 Å². The van der Waals surface area contributed by atoms with Gasteiger partial charge in [0.15, 0.2) is 0 Å². The highest BCUT2D eigenvalue weighted by molar-refractivity contribution is 5.89. The van der Waals surface area contributed by atoms with E-state index in [-0.39, 0.29) is 23.8 Å². The Kier molecular flexibility index (Phi) is 5.22. The van der Waals surface area contributed by atoms with Gasteiger partial charge in [0.1, 0.15) is 5.76 Å². The highest BCUT2D eigenvalue weighted by Crippen LogP contribution is 2.25. The molecule has 1 aromatic carbocycles. The van der Waals surface area contributed by atoms with Gasteiger partial charge in [-0.15, -0.1) is 0 Å². The molecule has 0 N–H and O–H groups in total. The van der Waals surface area contributed by atoms with E-state index in [1.54, 1.807) is 23.1 Å². The summed E-state index contributed by atoms with van der Waals surface area (Å²) in [6.07, 6.45) is 2.71. The number of hydrogen-bond acceptors (Lipinski definition) is 3. The van der Waals surface area contributed by atoms with Crippen LogP contribution in [0.1, 0.15) is 30.7 Å². The molecule has 5 heteroatoms. The summed E-state index contributed by atoms with van der Waals surface area (Å²) in [5.41, 5.74) is 1.20. The minimum absolute atomic E-state index is 0.000499. The summed E-state index contributed by atoms with van der Waals surface area (Å²) < 4.78 is 5.39. The molecule has 0 radical (unpaired) electrons. The standard InChI is InChI=1S/C20H24N2O3/c1-15(18-9-6-12-25-18)21(2)20(24)17-13-19(23)22(14-17)11-10-16-7-4-3-5-8-16/h3-9,12,15,17H,10-11,13-14H2,1-2H3. The lowest BCUT2D eigenvalue weighted by atomic mass is 10.1. The molecule has 1 aliphatic heterocycles. The third kappa shape index (κ3) is 3.92. The van der Waals surface area contributed by atoms with Gasteiger partial charge >= 0.3 is 0 Å². The summed E-state index contributed by atoms with van der Waals surface area (Å²) in [6, 6.07) is 13.6. The van der Waals surface area contributed by atoms with Gasteiger partial charge in [-0.2, -0.15) is 0 Å². The molecule has 132 valence electrons. The largest absolute Gasteiger partial charge is 0.467 e. The van der Waals surface area contributed by atoms with Gasteiger partial charge in [0, 0.05) is 26.6 Å². The second-order valence-electron chi connectivity index (χ2n) is 6.62. The molecule has 2 aromatic rings. The highest BCUT2D eigenvalue weighted by Gasteiger charge is 2.36.